The van der Waals surface area contributed by atoms with E-state index in [1.54, 1.807) is 18.2 Å². The number of rotatable bonds is 3. The first-order valence-corrected chi connectivity index (χ1v) is 7.38. The predicted molar refractivity (Wildman–Crippen MR) is 77.8 cm³/mol. The molecule has 2 bridgehead atoms. The molecule has 3 rings (SSSR count). The Bertz CT molecular complexity index is 644. The number of amides is 1. The third kappa shape index (κ3) is 2.54. The lowest BCUT2D eigenvalue weighted by molar-refractivity contribution is -0.313. The molecule has 2 aliphatic rings. The van der Waals surface area contributed by atoms with Gasteiger partial charge < -0.3 is 15.2 Å². The monoisotopic (exact) mass is 324 g/mol. The lowest BCUT2D eigenvalue weighted by atomic mass is 9.82. The number of hydrogen-bond acceptors (Lipinski definition) is 3. The molecule has 1 fully saturated rings. The number of carboxylic acid groups (broad SMARTS) is 1. The molecule has 0 aliphatic heterocycles. The molecule has 1 N–H and O–H groups in total. The highest BCUT2D eigenvalue weighted by atomic mass is 35.5. The van der Waals surface area contributed by atoms with Crippen molar-refractivity contribution < 1.29 is 14.7 Å². The van der Waals surface area contributed by atoms with Crippen LogP contribution in [0.2, 0.25) is 10.0 Å². The van der Waals surface area contributed by atoms with Gasteiger partial charge in [0.05, 0.1) is 16.6 Å². The maximum Gasteiger partial charge on any atom is 0.228 e. The van der Waals surface area contributed by atoms with Gasteiger partial charge in [-0.3, -0.25) is 4.79 Å². The Kier molecular flexibility index (Phi) is 3.68. The van der Waals surface area contributed by atoms with Crippen molar-refractivity contribution in [2.75, 3.05) is 5.32 Å². The van der Waals surface area contributed by atoms with Crippen LogP contribution in [0.3, 0.4) is 0 Å². The number of carboxylic acids is 1. The van der Waals surface area contributed by atoms with Crippen LogP contribution < -0.4 is 10.4 Å². The molecule has 1 aromatic rings. The summed E-state index contributed by atoms with van der Waals surface area (Å²) in [6.45, 7) is 0. The van der Waals surface area contributed by atoms with E-state index in [4.69, 9.17) is 23.2 Å². The molecule has 0 saturated heterocycles. The summed E-state index contributed by atoms with van der Waals surface area (Å²) in [6.07, 6.45) is 4.45. The molecule has 1 aromatic carbocycles. The van der Waals surface area contributed by atoms with E-state index in [0.29, 0.717) is 22.2 Å². The van der Waals surface area contributed by atoms with E-state index in [-0.39, 0.29) is 17.7 Å². The van der Waals surface area contributed by atoms with Crippen molar-refractivity contribution in [1.29, 1.82) is 0 Å². The summed E-state index contributed by atoms with van der Waals surface area (Å²) in [6, 6.07) is 4.74. The van der Waals surface area contributed by atoms with E-state index >= 15 is 0 Å². The number of anilines is 1. The van der Waals surface area contributed by atoms with Crippen LogP contribution in [0.1, 0.15) is 6.42 Å². The quantitative estimate of drug-likeness (QED) is 0.866. The van der Waals surface area contributed by atoms with Crippen molar-refractivity contribution in [2.45, 2.75) is 6.42 Å². The molecular formula is C15H12Cl2NO3-. The molecule has 0 unspecified atom stereocenters. The van der Waals surface area contributed by atoms with Gasteiger partial charge in [0, 0.05) is 16.9 Å². The number of benzene rings is 1. The Morgan fingerprint density at radius 3 is 2.48 bits per heavy atom. The Hall–Kier alpha value is -1.52. The van der Waals surface area contributed by atoms with E-state index in [2.05, 4.69) is 5.32 Å². The summed E-state index contributed by atoms with van der Waals surface area (Å²) in [4.78, 5) is 23.8. The molecule has 0 heterocycles. The fourth-order valence-corrected chi connectivity index (χ4v) is 3.65. The fraction of sp³-hybridized carbons (Fsp3) is 0.333. The van der Waals surface area contributed by atoms with Gasteiger partial charge >= 0.3 is 0 Å². The van der Waals surface area contributed by atoms with Gasteiger partial charge in [0.2, 0.25) is 5.91 Å². The Morgan fingerprint density at radius 2 is 1.81 bits per heavy atom. The largest absolute Gasteiger partial charge is 0.550 e. The number of hydrogen-bond donors (Lipinski definition) is 1. The molecule has 6 heteroatoms. The first kappa shape index (κ1) is 14.4. The lowest BCUT2D eigenvalue weighted by Gasteiger charge is -2.28. The Labute approximate surface area is 131 Å². The number of nitrogens with one attached hydrogen (secondary N) is 1. The summed E-state index contributed by atoms with van der Waals surface area (Å²) < 4.78 is 0. The van der Waals surface area contributed by atoms with Crippen LogP contribution in [-0.2, 0) is 9.59 Å². The second kappa shape index (κ2) is 5.35. The molecule has 0 radical (unpaired) electrons. The average molecular weight is 325 g/mol. The normalized spacial score (nSPS) is 29.6. The number of allylic oxidation sites excluding steroid dienone is 2. The first-order valence-electron chi connectivity index (χ1n) is 6.62. The van der Waals surface area contributed by atoms with Crippen LogP contribution >= 0.6 is 23.2 Å². The molecule has 1 amide bonds. The van der Waals surface area contributed by atoms with E-state index in [9.17, 15) is 14.7 Å². The van der Waals surface area contributed by atoms with Crippen LogP contribution in [0.5, 0.6) is 0 Å². The molecular weight excluding hydrogens is 313 g/mol. The molecule has 0 aromatic heterocycles. The van der Waals surface area contributed by atoms with Crippen molar-refractivity contribution in [3.8, 4) is 0 Å². The number of carbonyl (C=O) groups is 2. The summed E-state index contributed by atoms with van der Waals surface area (Å²) in [7, 11) is 0. The van der Waals surface area contributed by atoms with Gasteiger partial charge in [-0.2, -0.15) is 0 Å². The third-order valence-corrected chi connectivity index (χ3v) is 4.79. The summed E-state index contributed by atoms with van der Waals surface area (Å²) in [5.41, 5.74) is 0.387. The Morgan fingerprint density at radius 1 is 1.14 bits per heavy atom. The maximum absolute atomic E-state index is 12.4. The Balaban J connectivity index is 1.83. The number of aliphatic carboxylic acids is 1. The van der Waals surface area contributed by atoms with Gasteiger partial charge in [-0.15, -0.1) is 0 Å². The van der Waals surface area contributed by atoms with Gasteiger partial charge in [-0.1, -0.05) is 35.4 Å². The van der Waals surface area contributed by atoms with E-state index in [1.807, 2.05) is 12.2 Å². The number of halogens is 2. The predicted octanol–water partition coefficient (Wildman–Crippen LogP) is 2.12. The molecule has 4 nitrogen and oxygen atoms in total. The fourth-order valence-electron chi connectivity index (χ4n) is 3.31. The zero-order valence-corrected chi connectivity index (χ0v) is 12.4. The van der Waals surface area contributed by atoms with Gasteiger partial charge in [-0.05, 0) is 36.5 Å². The minimum Gasteiger partial charge on any atom is -0.550 e. The standard InChI is InChI=1S/C15H13Cl2NO3/c16-9-3-4-10(17)11(6-9)18-14(19)12-7-1-2-8(5-7)13(12)15(20)21/h1-4,6-8,12-13H,5H2,(H,18,19)(H,20,21)/p-1/t7-,8+,12+,13+/m0/s1. The lowest BCUT2D eigenvalue weighted by Crippen LogP contribution is -2.42. The van der Waals surface area contributed by atoms with Gasteiger partial charge in [-0.25, -0.2) is 0 Å². The molecule has 1 saturated carbocycles. The van der Waals surface area contributed by atoms with Gasteiger partial charge in [0.15, 0.2) is 0 Å². The zero-order chi connectivity index (χ0) is 15.1. The van der Waals surface area contributed by atoms with Crippen molar-refractivity contribution in [3.63, 3.8) is 0 Å². The highest BCUT2D eigenvalue weighted by molar-refractivity contribution is 6.35. The van der Waals surface area contributed by atoms with E-state index in [0.717, 1.165) is 0 Å². The SMILES string of the molecule is O=C([O-])[C@H]1[C@H](C(=O)Nc2cc(Cl)ccc2Cl)[C@H]2C=C[C@@H]1C2. The van der Waals surface area contributed by atoms with E-state index < -0.39 is 17.8 Å². The number of carbonyl (C=O) groups excluding carboxylic acids is 2. The minimum atomic E-state index is -1.18. The highest BCUT2D eigenvalue weighted by Gasteiger charge is 2.48. The molecule has 21 heavy (non-hydrogen) atoms. The topological polar surface area (TPSA) is 69.2 Å². The van der Waals surface area contributed by atoms with Crippen molar-refractivity contribution in [2.24, 2.45) is 23.7 Å². The van der Waals surface area contributed by atoms with Crippen LogP contribution in [0, 0.1) is 23.7 Å². The second-order valence-corrected chi connectivity index (χ2v) is 6.28. The van der Waals surface area contributed by atoms with Crippen molar-refractivity contribution >= 4 is 40.8 Å². The van der Waals surface area contributed by atoms with Crippen LogP contribution in [-0.4, -0.2) is 11.9 Å². The maximum atomic E-state index is 12.4. The smallest absolute Gasteiger partial charge is 0.228 e. The minimum absolute atomic E-state index is 0.0594. The van der Waals surface area contributed by atoms with Crippen molar-refractivity contribution in [3.05, 3.63) is 40.4 Å². The molecule has 0 spiro atoms. The third-order valence-electron chi connectivity index (χ3n) is 4.22. The molecule has 2 aliphatic carbocycles. The van der Waals surface area contributed by atoms with Gasteiger partial charge in [0.25, 0.3) is 0 Å². The average Bonchev–Trinajstić information content (AvgIpc) is 3.03. The van der Waals surface area contributed by atoms with E-state index in [1.165, 1.54) is 0 Å². The molecule has 110 valence electrons. The highest BCUT2D eigenvalue weighted by Crippen LogP contribution is 2.48. The number of fused-ring (bicyclic) bond motifs is 2. The first-order chi connectivity index (χ1) is 9.97. The van der Waals surface area contributed by atoms with Gasteiger partial charge in [0.1, 0.15) is 0 Å². The van der Waals surface area contributed by atoms with Crippen LogP contribution in [0.15, 0.2) is 30.4 Å². The van der Waals surface area contributed by atoms with Crippen molar-refractivity contribution in [1.82, 2.24) is 0 Å². The van der Waals surface area contributed by atoms with Crippen LogP contribution in [0.4, 0.5) is 5.69 Å². The summed E-state index contributed by atoms with van der Waals surface area (Å²) in [5, 5.41) is 14.8. The zero-order valence-electron chi connectivity index (χ0n) is 10.9. The molecule has 4 atom stereocenters. The second-order valence-electron chi connectivity index (χ2n) is 5.43. The van der Waals surface area contributed by atoms with Crippen LogP contribution in [0.25, 0.3) is 0 Å². The summed E-state index contributed by atoms with van der Waals surface area (Å²) >= 11 is 11.9. The summed E-state index contributed by atoms with van der Waals surface area (Å²) in [5.74, 6) is -3.12.